The van der Waals surface area contributed by atoms with Crippen LogP contribution in [-0.4, -0.2) is 41.9 Å². The Labute approximate surface area is 199 Å². The maximum Gasteiger partial charge on any atom is 0.326 e. The standard InChI is InChI=1S/C27H31N3O4/c1-17(19-7-5-8-19)28-24(31)23(16-18-10-12-21(34-2)13-11-18)30-25(32)27(29-26(30)33)15-14-20-6-3-4-9-22(20)27/h3-4,6,9-13,17,19,23H,5,7-8,14-16H2,1-2H3,(H,28,31)(H,29,33)/t17-,23?,27-/m0/s1. The molecule has 0 radical (unpaired) electrons. The molecule has 2 aliphatic carbocycles. The zero-order valence-corrected chi connectivity index (χ0v) is 19.7. The van der Waals surface area contributed by atoms with E-state index in [9.17, 15) is 14.4 Å². The zero-order valence-electron chi connectivity index (χ0n) is 19.7. The molecule has 1 saturated heterocycles. The number of hydrogen-bond acceptors (Lipinski definition) is 4. The fraction of sp³-hybridized carbons (Fsp3) is 0.444. The van der Waals surface area contributed by atoms with E-state index in [0.717, 1.165) is 34.4 Å². The second-order valence-electron chi connectivity index (χ2n) is 9.72. The molecule has 2 aromatic carbocycles. The number of rotatable bonds is 7. The van der Waals surface area contributed by atoms with Crippen molar-refractivity contribution < 1.29 is 19.1 Å². The number of aryl methyl sites for hydroxylation is 1. The number of ether oxygens (including phenoxy) is 1. The predicted octanol–water partition coefficient (Wildman–Crippen LogP) is 3.30. The van der Waals surface area contributed by atoms with E-state index in [1.165, 1.54) is 6.42 Å². The lowest BCUT2D eigenvalue weighted by atomic mass is 9.80. The molecule has 2 aromatic rings. The van der Waals surface area contributed by atoms with Gasteiger partial charge in [-0.3, -0.25) is 9.59 Å². The van der Waals surface area contributed by atoms with Crippen molar-refractivity contribution in [2.45, 2.75) is 63.1 Å². The van der Waals surface area contributed by atoms with Crippen molar-refractivity contribution >= 4 is 17.8 Å². The van der Waals surface area contributed by atoms with Crippen LogP contribution in [0.15, 0.2) is 48.5 Å². The lowest BCUT2D eigenvalue weighted by molar-refractivity contribution is -0.139. The first-order valence-electron chi connectivity index (χ1n) is 12.1. The Morgan fingerprint density at radius 2 is 1.91 bits per heavy atom. The fourth-order valence-electron chi connectivity index (χ4n) is 5.51. The van der Waals surface area contributed by atoms with E-state index in [0.29, 0.717) is 24.5 Å². The number of fused-ring (bicyclic) bond motifs is 2. The number of methoxy groups -OCH3 is 1. The summed E-state index contributed by atoms with van der Waals surface area (Å²) in [5.41, 5.74) is 1.66. The first-order chi connectivity index (χ1) is 16.4. The van der Waals surface area contributed by atoms with Crippen LogP contribution in [0.5, 0.6) is 5.75 Å². The van der Waals surface area contributed by atoms with Crippen LogP contribution >= 0.6 is 0 Å². The quantitative estimate of drug-likeness (QED) is 0.620. The molecule has 2 fully saturated rings. The summed E-state index contributed by atoms with van der Waals surface area (Å²) in [7, 11) is 1.60. The van der Waals surface area contributed by atoms with E-state index >= 15 is 0 Å². The van der Waals surface area contributed by atoms with Crippen LogP contribution in [0.25, 0.3) is 0 Å². The Morgan fingerprint density at radius 3 is 2.59 bits per heavy atom. The van der Waals surface area contributed by atoms with Gasteiger partial charge in [-0.2, -0.15) is 0 Å². The molecule has 34 heavy (non-hydrogen) atoms. The number of nitrogens with zero attached hydrogens (tertiary/aromatic N) is 1. The highest BCUT2D eigenvalue weighted by molar-refractivity contribution is 6.10. The van der Waals surface area contributed by atoms with E-state index in [1.807, 2.05) is 55.5 Å². The summed E-state index contributed by atoms with van der Waals surface area (Å²) >= 11 is 0. The minimum Gasteiger partial charge on any atom is -0.497 e. The lowest BCUT2D eigenvalue weighted by Gasteiger charge is -2.34. The molecule has 7 nitrogen and oxygen atoms in total. The number of nitrogens with one attached hydrogen (secondary N) is 2. The second-order valence-corrected chi connectivity index (χ2v) is 9.72. The number of hydrogen-bond donors (Lipinski definition) is 2. The molecule has 1 spiro atoms. The first kappa shape index (κ1) is 22.4. The molecule has 0 bridgehead atoms. The third-order valence-corrected chi connectivity index (χ3v) is 7.80. The number of benzene rings is 2. The molecule has 5 rings (SSSR count). The summed E-state index contributed by atoms with van der Waals surface area (Å²) in [6.07, 6.45) is 4.81. The van der Waals surface area contributed by atoms with Crippen LogP contribution in [0, 0.1) is 5.92 Å². The predicted molar refractivity (Wildman–Crippen MR) is 127 cm³/mol. The molecule has 7 heteroatoms. The van der Waals surface area contributed by atoms with Gasteiger partial charge in [0.1, 0.15) is 17.3 Å². The molecule has 3 atom stereocenters. The van der Waals surface area contributed by atoms with Gasteiger partial charge < -0.3 is 15.4 Å². The van der Waals surface area contributed by atoms with Gasteiger partial charge in [0.05, 0.1) is 7.11 Å². The van der Waals surface area contributed by atoms with Crippen molar-refractivity contribution in [2.24, 2.45) is 5.92 Å². The van der Waals surface area contributed by atoms with Crippen LogP contribution in [0.2, 0.25) is 0 Å². The van der Waals surface area contributed by atoms with E-state index in [1.54, 1.807) is 7.11 Å². The molecule has 1 unspecified atom stereocenters. The number of imide groups is 1. The normalized spacial score (nSPS) is 23.3. The Balaban J connectivity index is 1.45. The average molecular weight is 462 g/mol. The molecule has 1 aliphatic heterocycles. The number of carbonyl (C=O) groups is 3. The Bertz CT molecular complexity index is 1110. The fourth-order valence-corrected chi connectivity index (χ4v) is 5.51. The van der Waals surface area contributed by atoms with Crippen LogP contribution in [0.3, 0.4) is 0 Å². The largest absolute Gasteiger partial charge is 0.497 e. The molecule has 2 N–H and O–H groups in total. The highest BCUT2D eigenvalue weighted by Gasteiger charge is 2.57. The van der Waals surface area contributed by atoms with Gasteiger partial charge in [-0.25, -0.2) is 9.69 Å². The second kappa shape index (κ2) is 8.78. The molecule has 0 aromatic heterocycles. The molecule has 4 amide bonds. The Hall–Kier alpha value is -3.35. The highest BCUT2D eigenvalue weighted by atomic mass is 16.5. The number of carbonyl (C=O) groups excluding carboxylic acids is 3. The summed E-state index contributed by atoms with van der Waals surface area (Å²) in [5.74, 6) is 0.524. The van der Waals surface area contributed by atoms with Gasteiger partial charge in [0.25, 0.3) is 5.91 Å². The molecule has 1 heterocycles. The van der Waals surface area contributed by atoms with Gasteiger partial charge in [0.2, 0.25) is 5.91 Å². The highest BCUT2D eigenvalue weighted by Crippen LogP contribution is 2.42. The monoisotopic (exact) mass is 461 g/mol. The maximum absolute atomic E-state index is 13.9. The minimum absolute atomic E-state index is 0.00144. The van der Waals surface area contributed by atoms with Crippen molar-refractivity contribution in [1.29, 1.82) is 0 Å². The number of amides is 4. The van der Waals surface area contributed by atoms with Crippen LogP contribution < -0.4 is 15.4 Å². The van der Waals surface area contributed by atoms with Crippen molar-refractivity contribution in [2.75, 3.05) is 7.11 Å². The van der Waals surface area contributed by atoms with Gasteiger partial charge in [-0.15, -0.1) is 0 Å². The average Bonchev–Trinajstić information content (AvgIpc) is 3.28. The summed E-state index contributed by atoms with van der Waals surface area (Å²) < 4.78 is 5.24. The smallest absolute Gasteiger partial charge is 0.326 e. The van der Waals surface area contributed by atoms with Gasteiger partial charge in [-0.1, -0.05) is 42.8 Å². The molecular formula is C27H31N3O4. The third kappa shape index (κ3) is 3.73. The van der Waals surface area contributed by atoms with Crippen LogP contribution in [0.4, 0.5) is 4.79 Å². The Morgan fingerprint density at radius 1 is 1.18 bits per heavy atom. The summed E-state index contributed by atoms with van der Waals surface area (Å²) in [4.78, 5) is 41.8. The summed E-state index contributed by atoms with van der Waals surface area (Å²) in [6.45, 7) is 2.01. The Kier molecular flexibility index (Phi) is 5.80. The van der Waals surface area contributed by atoms with Gasteiger partial charge in [0.15, 0.2) is 0 Å². The van der Waals surface area contributed by atoms with Crippen LogP contribution in [-0.2, 0) is 28.0 Å². The van der Waals surface area contributed by atoms with Crippen molar-refractivity contribution in [3.8, 4) is 5.75 Å². The molecule has 1 saturated carbocycles. The SMILES string of the molecule is COc1ccc(CC(C(=O)N[C@@H](C)C2CCC2)N2C(=O)N[C@]3(CCc4ccccc43)C2=O)cc1. The van der Waals surface area contributed by atoms with Gasteiger partial charge in [0, 0.05) is 12.5 Å². The van der Waals surface area contributed by atoms with Crippen molar-refractivity contribution in [3.05, 3.63) is 65.2 Å². The summed E-state index contributed by atoms with van der Waals surface area (Å²) in [6, 6.07) is 13.7. The van der Waals surface area contributed by atoms with E-state index in [4.69, 9.17) is 4.74 Å². The minimum atomic E-state index is -1.09. The van der Waals surface area contributed by atoms with Gasteiger partial charge in [-0.05, 0) is 67.3 Å². The van der Waals surface area contributed by atoms with Crippen LogP contribution in [0.1, 0.15) is 49.3 Å². The van der Waals surface area contributed by atoms with E-state index < -0.39 is 17.6 Å². The number of urea groups is 1. The van der Waals surface area contributed by atoms with Crippen molar-refractivity contribution in [3.63, 3.8) is 0 Å². The third-order valence-electron chi connectivity index (χ3n) is 7.80. The zero-order chi connectivity index (χ0) is 23.9. The topological polar surface area (TPSA) is 87.7 Å². The van der Waals surface area contributed by atoms with Gasteiger partial charge >= 0.3 is 6.03 Å². The van der Waals surface area contributed by atoms with E-state index in [-0.39, 0.29) is 24.3 Å². The molecular weight excluding hydrogens is 430 g/mol. The first-order valence-corrected chi connectivity index (χ1v) is 12.1. The summed E-state index contributed by atoms with van der Waals surface area (Å²) in [5, 5.41) is 6.06. The molecule has 178 valence electrons. The molecule has 3 aliphatic rings. The lowest BCUT2D eigenvalue weighted by Crippen LogP contribution is -2.54. The maximum atomic E-state index is 13.9. The van der Waals surface area contributed by atoms with E-state index in [2.05, 4.69) is 10.6 Å². The van der Waals surface area contributed by atoms with Crippen molar-refractivity contribution in [1.82, 2.24) is 15.5 Å².